The quantitative estimate of drug-likeness (QED) is 0.551. The van der Waals surface area contributed by atoms with E-state index in [2.05, 4.69) is 10.1 Å². The third-order valence-electron chi connectivity index (χ3n) is 5.06. The van der Waals surface area contributed by atoms with E-state index in [-0.39, 0.29) is 5.82 Å². The number of ether oxygens (including phenoxy) is 2. The zero-order valence-corrected chi connectivity index (χ0v) is 16.9. The van der Waals surface area contributed by atoms with E-state index < -0.39 is 24.4 Å². The fourth-order valence-corrected chi connectivity index (χ4v) is 2.67. The van der Waals surface area contributed by atoms with Crippen molar-refractivity contribution in [3.63, 3.8) is 0 Å². The van der Waals surface area contributed by atoms with Crippen molar-refractivity contribution < 1.29 is 23.6 Å². The molecule has 1 fully saturated rings. The Balaban J connectivity index is 1.94. The molecule has 0 saturated carbocycles. The second kappa shape index (κ2) is 9.40. The van der Waals surface area contributed by atoms with Gasteiger partial charge in [0.15, 0.2) is 0 Å². The number of benzene rings is 1. The lowest BCUT2D eigenvalue weighted by Crippen LogP contribution is -2.41. The third-order valence-corrected chi connectivity index (χ3v) is 5.06. The highest BCUT2D eigenvalue weighted by Crippen LogP contribution is 2.41. The second-order valence-corrected chi connectivity index (χ2v) is 7.61. The highest BCUT2D eigenvalue weighted by atomic mass is 16.7. The van der Waals surface area contributed by atoms with E-state index in [0.717, 1.165) is 5.56 Å². The van der Waals surface area contributed by atoms with Crippen molar-refractivity contribution in [1.82, 2.24) is 5.32 Å². The summed E-state index contributed by atoms with van der Waals surface area (Å²) < 4.78 is 22.7. The molecule has 0 aromatic heterocycles. The van der Waals surface area contributed by atoms with Gasteiger partial charge in [0.1, 0.15) is 0 Å². The van der Waals surface area contributed by atoms with Crippen molar-refractivity contribution in [2.24, 2.45) is 0 Å². The van der Waals surface area contributed by atoms with Crippen LogP contribution in [0.4, 0.5) is 4.79 Å². The molecular formula is C20H30BNO5. The molecule has 6 nitrogen and oxygen atoms in total. The van der Waals surface area contributed by atoms with Crippen molar-refractivity contribution in [2.45, 2.75) is 57.7 Å². The van der Waals surface area contributed by atoms with Gasteiger partial charge in [0.25, 0.3) is 0 Å². The van der Waals surface area contributed by atoms with E-state index >= 15 is 0 Å². The molecule has 0 spiro atoms. The van der Waals surface area contributed by atoms with Gasteiger partial charge in [-0.05, 0) is 39.7 Å². The monoisotopic (exact) mass is 375 g/mol. The van der Waals surface area contributed by atoms with E-state index in [1.54, 1.807) is 6.20 Å². The molecule has 27 heavy (non-hydrogen) atoms. The Morgan fingerprint density at radius 2 is 1.81 bits per heavy atom. The Labute approximate surface area is 162 Å². The predicted octanol–water partition coefficient (Wildman–Crippen LogP) is 3.93. The van der Waals surface area contributed by atoms with Crippen molar-refractivity contribution in [3.05, 3.63) is 48.2 Å². The number of carbonyl (C=O) groups excluding carboxylic acids is 1. The molecule has 1 unspecified atom stereocenters. The first kappa shape index (κ1) is 21.5. The van der Waals surface area contributed by atoms with Gasteiger partial charge in [-0.1, -0.05) is 36.4 Å². The maximum Gasteiger partial charge on any atom is 0.465 e. The van der Waals surface area contributed by atoms with Gasteiger partial charge in [-0.25, -0.2) is 4.79 Å². The van der Waals surface area contributed by atoms with Gasteiger partial charge < -0.3 is 18.8 Å². The summed E-state index contributed by atoms with van der Waals surface area (Å²) in [4.78, 5) is 11.3. The van der Waals surface area contributed by atoms with Crippen molar-refractivity contribution in [2.75, 3.05) is 13.7 Å². The van der Waals surface area contributed by atoms with Gasteiger partial charge in [-0.3, -0.25) is 5.32 Å². The molecule has 2 rings (SSSR count). The predicted molar refractivity (Wildman–Crippen MR) is 105 cm³/mol. The van der Waals surface area contributed by atoms with Crippen molar-refractivity contribution in [1.29, 1.82) is 0 Å². The Kier molecular flexibility index (Phi) is 7.47. The van der Waals surface area contributed by atoms with Crippen LogP contribution in [0.15, 0.2) is 42.6 Å². The summed E-state index contributed by atoms with van der Waals surface area (Å²) in [7, 11) is 0.915. The maximum absolute atomic E-state index is 11.3. The molecule has 0 radical (unpaired) electrons. The van der Waals surface area contributed by atoms with Crippen LogP contribution in [0.5, 0.6) is 0 Å². The second-order valence-electron chi connectivity index (χ2n) is 7.61. The number of methoxy groups -OCH3 is 1. The van der Waals surface area contributed by atoms with Crippen LogP contribution < -0.4 is 5.32 Å². The number of allylic oxidation sites excluding steroid dienone is 1. The fraction of sp³-hybridized carbons (Fsp3) is 0.550. The lowest BCUT2D eigenvalue weighted by atomic mass is 9.70. The van der Waals surface area contributed by atoms with Crippen LogP contribution in [-0.2, 0) is 25.4 Å². The third kappa shape index (κ3) is 6.09. The normalized spacial score (nSPS) is 19.2. The highest BCUT2D eigenvalue weighted by molar-refractivity contribution is 6.48. The van der Waals surface area contributed by atoms with Crippen molar-refractivity contribution >= 4 is 13.2 Å². The molecule has 1 aromatic carbocycles. The van der Waals surface area contributed by atoms with Crippen LogP contribution >= 0.6 is 0 Å². The zero-order valence-electron chi connectivity index (χ0n) is 16.9. The first-order valence-electron chi connectivity index (χ1n) is 9.23. The van der Waals surface area contributed by atoms with Crippen LogP contribution in [0.1, 0.15) is 39.7 Å². The average molecular weight is 375 g/mol. The number of carbonyl (C=O) groups is 1. The van der Waals surface area contributed by atoms with E-state index in [9.17, 15) is 4.79 Å². The molecular weight excluding hydrogens is 345 g/mol. The largest absolute Gasteiger partial charge is 0.465 e. The van der Waals surface area contributed by atoms with Crippen LogP contribution in [-0.4, -0.2) is 38.1 Å². The van der Waals surface area contributed by atoms with Gasteiger partial charge >= 0.3 is 13.2 Å². The zero-order chi connectivity index (χ0) is 19.9. The van der Waals surface area contributed by atoms with Gasteiger partial charge in [-0.15, -0.1) is 0 Å². The number of amides is 1. The van der Waals surface area contributed by atoms with Crippen LogP contribution in [0, 0.1) is 0 Å². The Hall–Kier alpha value is -1.83. The van der Waals surface area contributed by atoms with Gasteiger partial charge in [0.05, 0.1) is 24.9 Å². The van der Waals surface area contributed by atoms with Gasteiger partial charge in [0, 0.05) is 18.6 Å². The molecule has 1 atom stereocenters. The molecule has 1 N–H and O–H groups in total. The average Bonchev–Trinajstić information content (AvgIpc) is 2.85. The summed E-state index contributed by atoms with van der Waals surface area (Å²) >= 11 is 0. The minimum absolute atomic E-state index is 0.0704. The molecule has 1 heterocycles. The molecule has 148 valence electrons. The highest BCUT2D eigenvalue weighted by Gasteiger charge is 2.53. The summed E-state index contributed by atoms with van der Waals surface area (Å²) in [5.74, 6) is -0.0704. The molecule has 1 saturated heterocycles. The lowest BCUT2D eigenvalue weighted by Gasteiger charge is -2.32. The number of rotatable bonds is 8. The molecule has 1 aromatic rings. The standard InChI is InChI=1S/C20H30BNO5/c1-19(2)20(3,4)27-21(26-19)17(11-13-22-18(23)24-5)12-14-25-15-16-9-7-6-8-10-16/h6-11,13,17H,12,14-15H2,1-5H3,(H,22,23)/b13-11+. The van der Waals surface area contributed by atoms with Crippen LogP contribution in [0.2, 0.25) is 5.82 Å². The van der Waals surface area contributed by atoms with Crippen LogP contribution in [0.25, 0.3) is 0 Å². The summed E-state index contributed by atoms with van der Waals surface area (Å²) in [6.45, 7) is 9.19. The van der Waals surface area contributed by atoms with Crippen LogP contribution in [0.3, 0.4) is 0 Å². The maximum atomic E-state index is 11.3. The summed E-state index contributed by atoms with van der Waals surface area (Å²) in [5, 5.41) is 2.55. The van der Waals surface area contributed by atoms with E-state index in [1.165, 1.54) is 7.11 Å². The molecule has 1 aliphatic heterocycles. The fourth-order valence-electron chi connectivity index (χ4n) is 2.67. The SMILES string of the molecule is COC(=O)N/C=C/C(CCOCc1ccccc1)B1OC(C)(C)C(C)(C)O1. The number of hydrogen-bond acceptors (Lipinski definition) is 5. The molecule has 0 aliphatic carbocycles. The lowest BCUT2D eigenvalue weighted by molar-refractivity contribution is 0.00578. The minimum atomic E-state index is -0.515. The van der Waals surface area contributed by atoms with Gasteiger partial charge in [-0.2, -0.15) is 0 Å². The summed E-state index contributed by atoms with van der Waals surface area (Å²) in [5.41, 5.74) is 0.307. The van der Waals surface area contributed by atoms with E-state index in [0.29, 0.717) is 19.6 Å². The Morgan fingerprint density at radius 1 is 1.19 bits per heavy atom. The van der Waals surface area contributed by atoms with Gasteiger partial charge in [0.2, 0.25) is 0 Å². The first-order valence-corrected chi connectivity index (χ1v) is 9.23. The number of nitrogens with one attached hydrogen (secondary N) is 1. The topological polar surface area (TPSA) is 66.0 Å². The molecule has 0 bridgehead atoms. The van der Waals surface area contributed by atoms with E-state index in [1.807, 2.05) is 64.1 Å². The number of hydrogen-bond donors (Lipinski definition) is 1. The summed E-state index contributed by atoms with van der Waals surface area (Å²) in [6, 6.07) is 10.0. The number of alkyl carbamates (subject to hydrolysis) is 1. The first-order chi connectivity index (χ1) is 12.7. The van der Waals surface area contributed by atoms with Crippen molar-refractivity contribution in [3.8, 4) is 0 Å². The Morgan fingerprint density at radius 3 is 2.41 bits per heavy atom. The minimum Gasteiger partial charge on any atom is -0.453 e. The molecule has 1 aliphatic rings. The Bertz CT molecular complexity index is 617. The summed E-state index contributed by atoms with van der Waals surface area (Å²) in [6.07, 6.45) is 3.62. The molecule has 1 amide bonds. The smallest absolute Gasteiger partial charge is 0.453 e. The van der Waals surface area contributed by atoms with E-state index in [4.69, 9.17) is 14.0 Å². The molecule has 7 heteroatoms.